The summed E-state index contributed by atoms with van der Waals surface area (Å²) in [5.41, 5.74) is 1.18. The van der Waals surface area contributed by atoms with Crippen molar-refractivity contribution in [2.24, 2.45) is 5.92 Å². The van der Waals surface area contributed by atoms with E-state index in [1.807, 2.05) is 37.4 Å². The van der Waals surface area contributed by atoms with Crippen LogP contribution >= 0.6 is 0 Å². The van der Waals surface area contributed by atoms with Gasteiger partial charge in [-0.3, -0.25) is 4.98 Å². The number of rotatable bonds is 3. The smallest absolute Gasteiger partial charge is 0.0886 e. The number of aliphatic hydroxyl groups is 1. The molecule has 0 aliphatic heterocycles. The monoisotopic (exact) mass is 241 g/mol. The molecule has 2 aromatic rings. The molecule has 0 amide bonds. The van der Waals surface area contributed by atoms with Crippen LogP contribution in [0.4, 0.5) is 0 Å². The van der Waals surface area contributed by atoms with Crippen molar-refractivity contribution in [3.63, 3.8) is 0 Å². The Hall–Kier alpha value is -1.41. The minimum Gasteiger partial charge on any atom is -0.385 e. The maximum Gasteiger partial charge on any atom is 0.0886 e. The largest absolute Gasteiger partial charge is 0.385 e. The molecule has 1 heterocycles. The SMILES string of the molecule is CC(O)(CC1CCC1)c1cnc2ccccc2c1. The van der Waals surface area contributed by atoms with E-state index < -0.39 is 5.60 Å². The van der Waals surface area contributed by atoms with E-state index in [0.29, 0.717) is 5.92 Å². The molecule has 3 rings (SSSR count). The summed E-state index contributed by atoms with van der Waals surface area (Å²) in [7, 11) is 0. The van der Waals surface area contributed by atoms with E-state index in [1.165, 1.54) is 19.3 Å². The lowest BCUT2D eigenvalue weighted by Gasteiger charge is -2.33. The molecule has 2 nitrogen and oxygen atoms in total. The van der Waals surface area contributed by atoms with Crippen molar-refractivity contribution in [1.82, 2.24) is 4.98 Å². The summed E-state index contributed by atoms with van der Waals surface area (Å²) in [5.74, 6) is 0.687. The number of fused-ring (bicyclic) bond motifs is 1. The number of aromatic nitrogens is 1. The molecular formula is C16H19NO. The van der Waals surface area contributed by atoms with Crippen molar-refractivity contribution in [1.29, 1.82) is 0 Å². The van der Waals surface area contributed by atoms with Crippen LogP contribution in [0.5, 0.6) is 0 Å². The summed E-state index contributed by atoms with van der Waals surface area (Å²) < 4.78 is 0. The van der Waals surface area contributed by atoms with Crippen LogP contribution in [0.1, 0.15) is 38.2 Å². The number of benzene rings is 1. The van der Waals surface area contributed by atoms with E-state index in [-0.39, 0.29) is 0 Å². The van der Waals surface area contributed by atoms with Crippen LogP contribution in [0.25, 0.3) is 10.9 Å². The van der Waals surface area contributed by atoms with Gasteiger partial charge in [-0.05, 0) is 31.4 Å². The molecule has 1 atom stereocenters. The number of hydrogen-bond donors (Lipinski definition) is 1. The number of pyridine rings is 1. The number of nitrogens with zero attached hydrogens (tertiary/aromatic N) is 1. The Kier molecular flexibility index (Phi) is 2.83. The van der Waals surface area contributed by atoms with Gasteiger partial charge in [0, 0.05) is 17.1 Å². The summed E-state index contributed by atoms with van der Waals surface area (Å²) in [6.07, 6.45) is 6.51. The van der Waals surface area contributed by atoms with Crippen LogP contribution in [0.15, 0.2) is 36.5 Å². The van der Waals surface area contributed by atoms with Crippen molar-refractivity contribution < 1.29 is 5.11 Å². The molecule has 0 saturated heterocycles. The zero-order valence-corrected chi connectivity index (χ0v) is 10.8. The third kappa shape index (κ3) is 2.13. The Morgan fingerprint density at radius 2 is 2.11 bits per heavy atom. The molecule has 18 heavy (non-hydrogen) atoms. The molecule has 1 aromatic carbocycles. The highest BCUT2D eigenvalue weighted by atomic mass is 16.3. The lowest BCUT2D eigenvalue weighted by Crippen LogP contribution is -2.28. The van der Waals surface area contributed by atoms with Gasteiger partial charge >= 0.3 is 0 Å². The summed E-state index contributed by atoms with van der Waals surface area (Å²) in [6.45, 7) is 1.91. The van der Waals surface area contributed by atoms with Gasteiger partial charge in [0.25, 0.3) is 0 Å². The molecule has 94 valence electrons. The van der Waals surface area contributed by atoms with E-state index in [0.717, 1.165) is 22.9 Å². The van der Waals surface area contributed by atoms with Gasteiger partial charge < -0.3 is 5.11 Å². The normalized spacial score (nSPS) is 19.4. The molecule has 1 aliphatic rings. The average molecular weight is 241 g/mol. The van der Waals surface area contributed by atoms with Gasteiger partial charge in [-0.25, -0.2) is 0 Å². The van der Waals surface area contributed by atoms with Crippen LogP contribution in [-0.2, 0) is 5.60 Å². The molecule has 1 saturated carbocycles. The zero-order chi connectivity index (χ0) is 12.6. The first kappa shape index (κ1) is 11.7. The van der Waals surface area contributed by atoms with Gasteiger partial charge in [-0.2, -0.15) is 0 Å². The van der Waals surface area contributed by atoms with Crippen LogP contribution in [0, 0.1) is 5.92 Å². The fourth-order valence-electron chi connectivity index (χ4n) is 2.74. The topological polar surface area (TPSA) is 33.1 Å². The van der Waals surface area contributed by atoms with Crippen molar-refractivity contribution in [3.05, 3.63) is 42.1 Å². The molecule has 0 radical (unpaired) electrons. The number of hydrogen-bond acceptors (Lipinski definition) is 2. The fraction of sp³-hybridized carbons (Fsp3) is 0.438. The summed E-state index contributed by atoms with van der Waals surface area (Å²) in [6, 6.07) is 10.1. The zero-order valence-electron chi connectivity index (χ0n) is 10.8. The second-order valence-electron chi connectivity index (χ2n) is 5.69. The molecule has 1 unspecified atom stereocenters. The van der Waals surface area contributed by atoms with Crippen molar-refractivity contribution in [2.45, 2.75) is 38.2 Å². The minimum absolute atomic E-state index is 0.687. The van der Waals surface area contributed by atoms with Gasteiger partial charge in [0.2, 0.25) is 0 Å². The minimum atomic E-state index is -0.748. The highest BCUT2D eigenvalue weighted by Crippen LogP contribution is 2.38. The van der Waals surface area contributed by atoms with E-state index in [4.69, 9.17) is 0 Å². The molecular weight excluding hydrogens is 222 g/mol. The molecule has 1 N–H and O–H groups in total. The first-order valence-corrected chi connectivity index (χ1v) is 6.73. The summed E-state index contributed by atoms with van der Waals surface area (Å²) in [5, 5.41) is 11.7. The maximum atomic E-state index is 10.6. The Morgan fingerprint density at radius 3 is 2.83 bits per heavy atom. The van der Waals surface area contributed by atoms with Gasteiger partial charge in [0.05, 0.1) is 11.1 Å². The predicted molar refractivity (Wildman–Crippen MR) is 73.3 cm³/mol. The van der Waals surface area contributed by atoms with Crippen LogP contribution in [0.3, 0.4) is 0 Å². The number of para-hydroxylation sites is 1. The Labute approximate surface area is 108 Å². The lowest BCUT2D eigenvalue weighted by molar-refractivity contribution is 0.0160. The highest BCUT2D eigenvalue weighted by molar-refractivity contribution is 5.78. The van der Waals surface area contributed by atoms with E-state index in [1.54, 1.807) is 0 Å². The maximum absolute atomic E-state index is 10.6. The summed E-state index contributed by atoms with van der Waals surface area (Å²) in [4.78, 5) is 4.44. The third-order valence-electron chi connectivity index (χ3n) is 4.12. The van der Waals surface area contributed by atoms with Gasteiger partial charge in [-0.1, -0.05) is 37.5 Å². The second kappa shape index (κ2) is 4.36. The average Bonchev–Trinajstić information content (AvgIpc) is 2.33. The second-order valence-corrected chi connectivity index (χ2v) is 5.69. The van der Waals surface area contributed by atoms with Gasteiger partial charge in [0.15, 0.2) is 0 Å². The van der Waals surface area contributed by atoms with Gasteiger partial charge in [0.1, 0.15) is 0 Å². The highest BCUT2D eigenvalue weighted by Gasteiger charge is 2.30. The molecule has 0 bridgehead atoms. The molecule has 0 spiro atoms. The Balaban J connectivity index is 1.92. The van der Waals surface area contributed by atoms with Crippen LogP contribution in [0.2, 0.25) is 0 Å². The quantitative estimate of drug-likeness (QED) is 0.890. The molecule has 1 aromatic heterocycles. The third-order valence-corrected chi connectivity index (χ3v) is 4.12. The van der Waals surface area contributed by atoms with E-state index >= 15 is 0 Å². The first-order valence-electron chi connectivity index (χ1n) is 6.73. The lowest BCUT2D eigenvalue weighted by atomic mass is 9.76. The fourth-order valence-corrected chi connectivity index (χ4v) is 2.74. The van der Waals surface area contributed by atoms with Crippen molar-refractivity contribution in [3.8, 4) is 0 Å². The summed E-state index contributed by atoms with van der Waals surface area (Å²) >= 11 is 0. The Bertz CT molecular complexity index is 558. The molecule has 1 fully saturated rings. The first-order chi connectivity index (χ1) is 8.65. The van der Waals surface area contributed by atoms with Crippen LogP contribution < -0.4 is 0 Å². The van der Waals surface area contributed by atoms with Crippen molar-refractivity contribution >= 4 is 10.9 Å². The van der Waals surface area contributed by atoms with E-state index in [2.05, 4.69) is 11.1 Å². The standard InChI is InChI=1S/C16H19NO/c1-16(18,10-12-5-4-6-12)14-9-13-7-2-3-8-15(13)17-11-14/h2-3,7-9,11-12,18H,4-6,10H2,1H3. The van der Waals surface area contributed by atoms with Crippen LogP contribution in [-0.4, -0.2) is 10.1 Å². The molecule has 1 aliphatic carbocycles. The predicted octanol–water partition coefficient (Wildman–Crippen LogP) is 3.63. The molecule has 2 heteroatoms. The van der Waals surface area contributed by atoms with Crippen molar-refractivity contribution in [2.75, 3.05) is 0 Å². The Morgan fingerprint density at radius 1 is 1.33 bits per heavy atom. The van der Waals surface area contributed by atoms with Gasteiger partial charge in [-0.15, -0.1) is 0 Å². The van der Waals surface area contributed by atoms with E-state index in [9.17, 15) is 5.11 Å².